The molecule has 0 aliphatic heterocycles. The number of hydrogen-bond acceptors (Lipinski definition) is 4. The molecule has 0 bridgehead atoms. The fourth-order valence-electron chi connectivity index (χ4n) is 2.98. The third-order valence-electron chi connectivity index (χ3n) is 4.41. The second kappa shape index (κ2) is 9.21. The molecule has 27 heavy (non-hydrogen) atoms. The number of allylic oxidation sites excluding steroid dienone is 12. The number of benzene rings is 1. The molecule has 0 fully saturated rings. The van der Waals surface area contributed by atoms with E-state index in [1.165, 1.54) is 12.1 Å². The summed E-state index contributed by atoms with van der Waals surface area (Å²) in [4.78, 5) is 10.4. The average Bonchev–Trinajstić information content (AvgIpc) is 3.34. The number of non-ortho nitro benzene ring substituents is 1. The molecule has 3 rings (SSSR count). The van der Waals surface area contributed by atoms with Gasteiger partial charge in [-0.15, -0.1) is 11.5 Å². The van der Waals surface area contributed by atoms with E-state index in [0.29, 0.717) is 11.1 Å². The van der Waals surface area contributed by atoms with Crippen LogP contribution in [0.25, 0.3) is 0 Å². The monoisotopic (exact) mass is 403 g/mol. The number of hydrogen-bond donors (Lipinski definition) is 0. The first-order valence-electron chi connectivity index (χ1n) is 8.29. The molecular formula is C21H17FeNO4. The van der Waals surface area contributed by atoms with Gasteiger partial charge in [0.15, 0.2) is 0 Å². The van der Waals surface area contributed by atoms with Gasteiger partial charge < -0.3 is 10.2 Å². The van der Waals surface area contributed by atoms with Crippen LogP contribution in [0, 0.1) is 10.1 Å². The molecule has 2 aliphatic carbocycles. The number of rotatable bonds is 6. The van der Waals surface area contributed by atoms with E-state index in [2.05, 4.69) is 0 Å². The minimum Gasteiger partial charge on any atom is -0.875 e. The van der Waals surface area contributed by atoms with Gasteiger partial charge in [-0.1, -0.05) is 60.7 Å². The van der Waals surface area contributed by atoms with Gasteiger partial charge in [0.2, 0.25) is 0 Å². The molecule has 0 amide bonds. The molecule has 0 spiro atoms. The Bertz CT molecular complexity index is 815. The summed E-state index contributed by atoms with van der Waals surface area (Å²) >= 11 is 0. The first kappa shape index (κ1) is 20.5. The maximum Gasteiger partial charge on any atom is 2.00 e. The van der Waals surface area contributed by atoms with Crippen molar-refractivity contribution in [3.63, 3.8) is 0 Å². The van der Waals surface area contributed by atoms with E-state index < -0.39 is 4.92 Å². The molecule has 2 aliphatic rings. The van der Waals surface area contributed by atoms with Gasteiger partial charge >= 0.3 is 17.1 Å². The van der Waals surface area contributed by atoms with Crippen molar-refractivity contribution in [2.45, 2.75) is 18.8 Å². The zero-order chi connectivity index (χ0) is 18.5. The average molecular weight is 403 g/mol. The Morgan fingerprint density at radius 3 is 1.59 bits per heavy atom. The van der Waals surface area contributed by atoms with Gasteiger partial charge in [-0.3, -0.25) is 10.1 Å². The molecule has 138 valence electrons. The summed E-state index contributed by atoms with van der Waals surface area (Å²) in [5.41, 5.74) is 1.95. The van der Waals surface area contributed by atoms with E-state index in [-0.39, 0.29) is 53.0 Å². The standard InChI is InChI=1S/C21H19NO4.Fe/c23-20(16-5-1-2-6-16)13-18(14-21(24)17-7-3-4-8-17)15-9-11-19(12-10-15)22(25)26;/h1-12,18,23-24H,13-14H2;/q;+2/p-2. The normalized spacial score (nSPS) is 14.1. The van der Waals surface area contributed by atoms with Crippen molar-refractivity contribution in [2.24, 2.45) is 0 Å². The van der Waals surface area contributed by atoms with Crippen LogP contribution in [0.2, 0.25) is 0 Å². The van der Waals surface area contributed by atoms with Crippen molar-refractivity contribution in [3.05, 3.63) is 111 Å². The zero-order valence-corrected chi connectivity index (χ0v) is 15.5. The molecule has 0 heterocycles. The summed E-state index contributed by atoms with van der Waals surface area (Å²) in [6.07, 6.45) is 14.5. The molecule has 1 aromatic rings. The molecule has 0 atom stereocenters. The fourth-order valence-corrected chi connectivity index (χ4v) is 2.98. The first-order valence-corrected chi connectivity index (χ1v) is 8.29. The van der Waals surface area contributed by atoms with Crippen LogP contribution >= 0.6 is 0 Å². The van der Waals surface area contributed by atoms with Crippen LogP contribution in [0.4, 0.5) is 5.69 Å². The van der Waals surface area contributed by atoms with Gasteiger partial charge in [0.1, 0.15) is 0 Å². The molecular weight excluding hydrogens is 386 g/mol. The maximum absolute atomic E-state index is 12.5. The van der Waals surface area contributed by atoms with E-state index in [1.54, 1.807) is 60.7 Å². The smallest absolute Gasteiger partial charge is 0.875 e. The van der Waals surface area contributed by atoms with Gasteiger partial charge in [0.05, 0.1) is 4.92 Å². The second-order valence-corrected chi connectivity index (χ2v) is 6.15. The molecule has 0 saturated heterocycles. The Morgan fingerprint density at radius 1 is 0.815 bits per heavy atom. The minimum atomic E-state index is -0.469. The van der Waals surface area contributed by atoms with Crippen molar-refractivity contribution < 1.29 is 32.2 Å². The molecule has 0 N–H and O–H groups in total. The van der Waals surface area contributed by atoms with E-state index in [9.17, 15) is 20.3 Å². The van der Waals surface area contributed by atoms with Crippen molar-refractivity contribution in [1.82, 2.24) is 0 Å². The third-order valence-corrected chi connectivity index (χ3v) is 4.41. The third kappa shape index (κ3) is 5.09. The van der Waals surface area contributed by atoms with Crippen molar-refractivity contribution in [2.75, 3.05) is 0 Å². The molecule has 0 radical (unpaired) electrons. The number of nitro groups is 1. The Hall–Kier alpha value is -2.82. The summed E-state index contributed by atoms with van der Waals surface area (Å²) in [5, 5.41) is 35.9. The predicted octanol–water partition coefficient (Wildman–Crippen LogP) is 2.94. The first-order chi connectivity index (χ1) is 12.5. The van der Waals surface area contributed by atoms with Gasteiger partial charge in [0, 0.05) is 12.1 Å². The van der Waals surface area contributed by atoms with Crippen LogP contribution in [0.5, 0.6) is 0 Å². The quantitative estimate of drug-likeness (QED) is 0.316. The molecule has 0 saturated carbocycles. The van der Waals surface area contributed by atoms with Crippen molar-refractivity contribution >= 4 is 5.69 Å². The van der Waals surface area contributed by atoms with E-state index in [4.69, 9.17) is 0 Å². The largest absolute Gasteiger partial charge is 2.00 e. The van der Waals surface area contributed by atoms with Gasteiger partial charge in [0.25, 0.3) is 5.69 Å². The van der Waals surface area contributed by atoms with Gasteiger partial charge in [-0.05, 0) is 35.5 Å². The maximum atomic E-state index is 12.5. The summed E-state index contributed by atoms with van der Waals surface area (Å²) in [5.74, 6) is -0.428. The predicted molar refractivity (Wildman–Crippen MR) is 95.7 cm³/mol. The van der Waals surface area contributed by atoms with Crippen LogP contribution in [-0.4, -0.2) is 4.92 Å². The van der Waals surface area contributed by atoms with E-state index in [1.807, 2.05) is 0 Å². The van der Waals surface area contributed by atoms with E-state index >= 15 is 0 Å². The summed E-state index contributed by atoms with van der Waals surface area (Å²) in [6.45, 7) is 0. The summed E-state index contributed by atoms with van der Waals surface area (Å²) in [6, 6.07) is 6.06. The summed E-state index contributed by atoms with van der Waals surface area (Å²) < 4.78 is 0. The molecule has 1 aromatic carbocycles. The van der Waals surface area contributed by atoms with Crippen molar-refractivity contribution in [1.29, 1.82) is 0 Å². The SMILES string of the molecule is O=[N+]([O-])c1ccc(C(CC([O-])=C2C=CC=C2)CC([O-])=C2C=CC=C2)cc1.[Fe+2]. The topological polar surface area (TPSA) is 89.3 Å². The summed E-state index contributed by atoms with van der Waals surface area (Å²) in [7, 11) is 0. The number of nitro benzene ring substituents is 1. The van der Waals surface area contributed by atoms with E-state index in [0.717, 1.165) is 5.56 Å². The molecule has 6 heteroatoms. The zero-order valence-electron chi connectivity index (χ0n) is 14.4. The van der Waals surface area contributed by atoms with Crippen LogP contribution in [0.3, 0.4) is 0 Å². The molecule has 0 aromatic heterocycles. The van der Waals surface area contributed by atoms with Crippen LogP contribution in [0.15, 0.2) is 95.5 Å². The fraction of sp³-hybridized carbons (Fsp3) is 0.143. The van der Waals surface area contributed by atoms with Crippen LogP contribution < -0.4 is 10.2 Å². The number of nitrogens with zero attached hydrogens (tertiary/aromatic N) is 1. The van der Waals surface area contributed by atoms with Gasteiger partial charge in [-0.25, -0.2) is 0 Å². The van der Waals surface area contributed by atoms with Crippen LogP contribution in [0.1, 0.15) is 24.3 Å². The Labute approximate surface area is 168 Å². The Kier molecular flexibility index (Phi) is 6.99. The van der Waals surface area contributed by atoms with Crippen molar-refractivity contribution in [3.8, 4) is 0 Å². The molecule has 5 nitrogen and oxygen atoms in total. The molecule has 0 unspecified atom stereocenters. The van der Waals surface area contributed by atoms with Gasteiger partial charge in [-0.2, -0.15) is 0 Å². The Balaban J connectivity index is 0.00000261. The minimum absolute atomic E-state index is 0. The Morgan fingerprint density at radius 2 is 1.22 bits per heavy atom. The van der Waals surface area contributed by atoms with Crippen LogP contribution in [-0.2, 0) is 17.1 Å². The second-order valence-electron chi connectivity index (χ2n) is 6.15.